The summed E-state index contributed by atoms with van der Waals surface area (Å²) < 4.78 is 16.1. The Kier molecular flexibility index (Phi) is 6.74. The molecule has 3 aromatic rings. The number of hydrogen-bond acceptors (Lipinski definition) is 6. The molecule has 0 saturated carbocycles. The normalized spacial score (nSPS) is 12.0. The summed E-state index contributed by atoms with van der Waals surface area (Å²) in [5.74, 6) is 0.992. The molecule has 0 spiro atoms. The summed E-state index contributed by atoms with van der Waals surface area (Å²) in [4.78, 5) is 25.9. The predicted molar refractivity (Wildman–Crippen MR) is 115 cm³/mol. The van der Waals surface area contributed by atoms with Crippen LogP contribution in [0.4, 0.5) is 0 Å². The van der Waals surface area contributed by atoms with E-state index in [1.807, 2.05) is 56.3 Å². The van der Waals surface area contributed by atoms with Crippen molar-refractivity contribution in [1.29, 1.82) is 0 Å². The summed E-state index contributed by atoms with van der Waals surface area (Å²) in [6, 6.07) is 14.4. The molecule has 0 fully saturated rings. The Morgan fingerprint density at radius 1 is 1.13 bits per heavy atom. The van der Waals surface area contributed by atoms with Crippen molar-refractivity contribution in [3.63, 3.8) is 0 Å². The molecule has 0 radical (unpaired) electrons. The van der Waals surface area contributed by atoms with Gasteiger partial charge in [-0.1, -0.05) is 12.1 Å². The molecular weight excluding hydrogens is 384 g/mol. The van der Waals surface area contributed by atoms with Crippen LogP contribution in [0, 0.1) is 6.92 Å². The number of nitrogens with zero attached hydrogens (tertiary/aromatic N) is 1. The minimum atomic E-state index is -0.415. The van der Waals surface area contributed by atoms with Crippen LogP contribution in [0.2, 0.25) is 0 Å². The van der Waals surface area contributed by atoms with Gasteiger partial charge in [0.1, 0.15) is 17.1 Å². The van der Waals surface area contributed by atoms with Gasteiger partial charge in [-0.25, -0.2) is 4.79 Å². The summed E-state index contributed by atoms with van der Waals surface area (Å²) in [6.07, 6.45) is 0. The molecule has 1 amide bonds. The molecule has 1 unspecified atom stereocenters. The van der Waals surface area contributed by atoms with Crippen LogP contribution < -0.4 is 20.4 Å². The second kappa shape index (κ2) is 9.45. The standard InChI is InChI=1S/C23H26N2O5/c1-15-10-23(27)30-21-12-18(8-9-19(15)21)29-14-22(26)24-13-20(25(2)3)16-6-5-7-17(11-16)28-4/h5-12,20H,13-14H2,1-4H3,(H,24,26). The Balaban J connectivity index is 1.61. The van der Waals surface area contributed by atoms with Gasteiger partial charge in [-0.2, -0.15) is 0 Å². The third-order valence-electron chi connectivity index (χ3n) is 4.89. The van der Waals surface area contributed by atoms with Crippen molar-refractivity contribution < 1.29 is 18.7 Å². The topological polar surface area (TPSA) is 81.0 Å². The van der Waals surface area contributed by atoms with E-state index in [9.17, 15) is 9.59 Å². The van der Waals surface area contributed by atoms with Crippen molar-refractivity contribution in [3.8, 4) is 11.5 Å². The first kappa shape index (κ1) is 21.4. The Morgan fingerprint density at radius 2 is 1.93 bits per heavy atom. The largest absolute Gasteiger partial charge is 0.497 e. The summed E-state index contributed by atoms with van der Waals surface area (Å²) >= 11 is 0. The van der Waals surface area contributed by atoms with Crippen LogP contribution >= 0.6 is 0 Å². The minimum absolute atomic E-state index is 0.0121. The molecular formula is C23H26N2O5. The molecule has 7 nitrogen and oxygen atoms in total. The zero-order chi connectivity index (χ0) is 21.7. The van der Waals surface area contributed by atoms with E-state index < -0.39 is 5.63 Å². The van der Waals surface area contributed by atoms with E-state index >= 15 is 0 Å². The van der Waals surface area contributed by atoms with E-state index in [4.69, 9.17) is 13.9 Å². The molecule has 158 valence electrons. The summed E-state index contributed by atoms with van der Waals surface area (Å²) in [5, 5.41) is 3.74. The maximum atomic E-state index is 12.3. The van der Waals surface area contributed by atoms with E-state index in [0.29, 0.717) is 17.9 Å². The SMILES string of the molecule is COc1cccc(C(CNC(=O)COc2ccc3c(C)cc(=O)oc3c2)N(C)C)c1. The van der Waals surface area contributed by atoms with Gasteiger partial charge in [-0.15, -0.1) is 0 Å². The zero-order valence-electron chi connectivity index (χ0n) is 17.6. The molecule has 3 rings (SSSR count). The smallest absolute Gasteiger partial charge is 0.336 e. The van der Waals surface area contributed by atoms with Gasteiger partial charge < -0.3 is 24.1 Å². The molecule has 2 aromatic carbocycles. The maximum absolute atomic E-state index is 12.3. The van der Waals surface area contributed by atoms with E-state index in [1.54, 1.807) is 19.2 Å². The highest BCUT2D eigenvalue weighted by atomic mass is 16.5. The van der Waals surface area contributed by atoms with Crippen LogP contribution in [-0.4, -0.2) is 45.2 Å². The van der Waals surface area contributed by atoms with Crippen LogP contribution in [0.15, 0.2) is 57.7 Å². The van der Waals surface area contributed by atoms with E-state index in [2.05, 4.69) is 5.32 Å². The monoisotopic (exact) mass is 410 g/mol. The van der Waals surface area contributed by atoms with E-state index in [-0.39, 0.29) is 18.6 Å². The number of carbonyl (C=O) groups is 1. The molecule has 7 heteroatoms. The van der Waals surface area contributed by atoms with Crippen LogP contribution in [0.5, 0.6) is 11.5 Å². The third kappa shape index (κ3) is 5.18. The Morgan fingerprint density at radius 3 is 2.67 bits per heavy atom. The number of fused-ring (bicyclic) bond motifs is 1. The Labute approximate surface area is 175 Å². The lowest BCUT2D eigenvalue weighted by molar-refractivity contribution is -0.123. The highest BCUT2D eigenvalue weighted by molar-refractivity contribution is 5.81. The van der Waals surface area contributed by atoms with Crippen molar-refractivity contribution >= 4 is 16.9 Å². The van der Waals surface area contributed by atoms with Crippen molar-refractivity contribution in [1.82, 2.24) is 10.2 Å². The number of amides is 1. The van der Waals surface area contributed by atoms with Crippen LogP contribution in [-0.2, 0) is 4.79 Å². The number of hydrogen-bond donors (Lipinski definition) is 1. The van der Waals surface area contributed by atoms with E-state index in [1.165, 1.54) is 6.07 Å². The van der Waals surface area contributed by atoms with Gasteiger partial charge >= 0.3 is 5.63 Å². The van der Waals surface area contributed by atoms with Gasteiger partial charge in [0, 0.05) is 24.1 Å². The first-order valence-corrected chi connectivity index (χ1v) is 9.62. The molecule has 1 N–H and O–H groups in total. The number of methoxy groups -OCH3 is 1. The third-order valence-corrected chi connectivity index (χ3v) is 4.89. The van der Waals surface area contributed by atoms with Gasteiger partial charge in [0.2, 0.25) is 0 Å². The first-order valence-electron chi connectivity index (χ1n) is 9.62. The average Bonchev–Trinajstić information content (AvgIpc) is 2.72. The number of ether oxygens (including phenoxy) is 2. The fraction of sp³-hybridized carbons (Fsp3) is 0.304. The van der Waals surface area contributed by atoms with Gasteiger partial charge in [0.15, 0.2) is 6.61 Å². The van der Waals surface area contributed by atoms with Crippen molar-refractivity contribution in [2.45, 2.75) is 13.0 Å². The number of nitrogens with one attached hydrogen (secondary N) is 1. The van der Waals surface area contributed by atoms with Gasteiger partial charge in [0.25, 0.3) is 5.91 Å². The highest BCUT2D eigenvalue weighted by Crippen LogP contribution is 2.23. The molecule has 30 heavy (non-hydrogen) atoms. The average molecular weight is 410 g/mol. The van der Waals surface area contributed by atoms with Crippen molar-refractivity contribution in [2.24, 2.45) is 0 Å². The van der Waals surface area contributed by atoms with Crippen molar-refractivity contribution in [2.75, 3.05) is 34.4 Å². The molecule has 1 heterocycles. The second-order valence-electron chi connectivity index (χ2n) is 7.26. The van der Waals surface area contributed by atoms with E-state index in [0.717, 1.165) is 22.3 Å². The molecule has 0 aliphatic rings. The lowest BCUT2D eigenvalue weighted by Gasteiger charge is -2.25. The molecule has 1 atom stereocenters. The number of rotatable bonds is 8. The predicted octanol–water partition coefficient (Wildman–Crippen LogP) is 2.91. The Bertz CT molecular complexity index is 1090. The van der Waals surface area contributed by atoms with Crippen molar-refractivity contribution in [3.05, 3.63) is 70.1 Å². The van der Waals surface area contributed by atoms with Crippen LogP contribution in [0.1, 0.15) is 17.2 Å². The molecule has 0 aliphatic carbocycles. The van der Waals surface area contributed by atoms with Gasteiger partial charge in [-0.05, 0) is 56.4 Å². The first-order chi connectivity index (χ1) is 14.4. The number of carbonyl (C=O) groups excluding carboxylic acids is 1. The maximum Gasteiger partial charge on any atom is 0.336 e. The number of aryl methyl sites for hydroxylation is 1. The summed E-state index contributed by atoms with van der Waals surface area (Å²) in [6.45, 7) is 2.13. The minimum Gasteiger partial charge on any atom is -0.497 e. The second-order valence-corrected chi connectivity index (χ2v) is 7.26. The molecule has 1 aromatic heterocycles. The zero-order valence-corrected chi connectivity index (χ0v) is 17.6. The number of likely N-dealkylation sites (N-methyl/N-ethyl adjacent to an activating group) is 1. The molecule has 0 bridgehead atoms. The summed E-state index contributed by atoms with van der Waals surface area (Å²) in [7, 11) is 5.54. The number of benzene rings is 2. The van der Waals surface area contributed by atoms with Gasteiger partial charge in [0.05, 0.1) is 13.2 Å². The van der Waals surface area contributed by atoms with Gasteiger partial charge in [-0.3, -0.25) is 4.79 Å². The lowest BCUT2D eigenvalue weighted by Crippen LogP contribution is -2.36. The van der Waals surface area contributed by atoms with Crippen LogP contribution in [0.3, 0.4) is 0 Å². The molecule has 0 saturated heterocycles. The Hall–Kier alpha value is -3.32. The fourth-order valence-electron chi connectivity index (χ4n) is 3.25. The quantitative estimate of drug-likeness (QED) is 0.575. The summed E-state index contributed by atoms with van der Waals surface area (Å²) in [5.41, 5.74) is 1.89. The molecule has 0 aliphatic heterocycles. The van der Waals surface area contributed by atoms with Crippen LogP contribution in [0.25, 0.3) is 11.0 Å². The fourth-order valence-corrected chi connectivity index (χ4v) is 3.25. The highest BCUT2D eigenvalue weighted by Gasteiger charge is 2.16. The lowest BCUT2D eigenvalue weighted by atomic mass is 10.1.